The summed E-state index contributed by atoms with van der Waals surface area (Å²) in [7, 11) is 0. The van der Waals surface area contributed by atoms with Crippen molar-refractivity contribution in [1.29, 1.82) is 0 Å². The van der Waals surface area contributed by atoms with Gasteiger partial charge in [-0.15, -0.1) is 0 Å². The second-order valence-corrected chi connectivity index (χ2v) is 12.4. The molecule has 0 saturated heterocycles. The fourth-order valence-corrected chi connectivity index (χ4v) is 4.45. The van der Waals surface area contributed by atoms with Gasteiger partial charge in [0.05, 0.1) is 37.6 Å². The average molecular weight is 777 g/mol. The molecule has 2 aromatic carbocycles. The van der Waals surface area contributed by atoms with Crippen LogP contribution in [-0.2, 0) is 33.2 Å². The molecule has 1 atom stereocenters. The van der Waals surface area contributed by atoms with Gasteiger partial charge in [-0.3, -0.25) is 0 Å². The summed E-state index contributed by atoms with van der Waals surface area (Å²) in [6.45, 7) is 19.1. The summed E-state index contributed by atoms with van der Waals surface area (Å²) in [4.78, 5) is 60.7. The number of benzene rings is 2. The molecule has 0 N–H and O–H groups in total. The number of esters is 3. The molecule has 0 radical (unpaired) electrons. The summed E-state index contributed by atoms with van der Waals surface area (Å²) in [5, 5.41) is 0. The lowest BCUT2D eigenvalue weighted by atomic mass is 9.92. The minimum absolute atomic E-state index is 0.0745. The highest BCUT2D eigenvalue weighted by molar-refractivity contribution is 5.91. The quantitative estimate of drug-likeness (QED) is 0.0238. The minimum atomic E-state index is -1.03. The molecular formula is C43H52O13. The molecule has 1 aliphatic rings. The normalized spacial score (nSPS) is 14.1. The molecule has 56 heavy (non-hydrogen) atoms. The van der Waals surface area contributed by atoms with E-state index in [1.54, 1.807) is 26.0 Å². The van der Waals surface area contributed by atoms with Crippen LogP contribution < -0.4 is 9.47 Å². The van der Waals surface area contributed by atoms with E-state index in [9.17, 15) is 24.0 Å². The van der Waals surface area contributed by atoms with E-state index in [0.717, 1.165) is 6.08 Å². The lowest BCUT2D eigenvalue weighted by Gasteiger charge is -2.29. The highest BCUT2D eigenvalue weighted by atomic mass is 16.7. The first-order valence-electron chi connectivity index (χ1n) is 18.3. The van der Waals surface area contributed by atoms with E-state index in [0.29, 0.717) is 49.4 Å². The lowest BCUT2D eigenvalue weighted by Crippen LogP contribution is -2.31. The molecule has 0 heterocycles. The van der Waals surface area contributed by atoms with Gasteiger partial charge in [-0.2, -0.15) is 0 Å². The van der Waals surface area contributed by atoms with Gasteiger partial charge >= 0.3 is 30.2 Å². The monoisotopic (exact) mass is 776 g/mol. The molecule has 3 rings (SSSR count). The van der Waals surface area contributed by atoms with Crippen molar-refractivity contribution in [3.63, 3.8) is 0 Å². The smallest absolute Gasteiger partial charge is 0.494 e. The van der Waals surface area contributed by atoms with Gasteiger partial charge in [0, 0.05) is 12.5 Å². The molecule has 0 spiro atoms. The Morgan fingerprint density at radius 1 is 0.661 bits per heavy atom. The Bertz CT molecular complexity index is 1700. The fourth-order valence-electron chi connectivity index (χ4n) is 4.45. The van der Waals surface area contributed by atoms with Gasteiger partial charge in [-0.05, 0) is 112 Å². The zero-order valence-electron chi connectivity index (χ0n) is 32.6. The average Bonchev–Trinajstić information content (AvgIpc) is 3.18. The highest BCUT2D eigenvalue weighted by Crippen LogP contribution is 2.31. The number of unbranched alkanes of at least 4 members (excludes halogenated alkanes) is 3. The number of hydrogen-bond acceptors (Lipinski definition) is 13. The van der Waals surface area contributed by atoms with Gasteiger partial charge in [0.1, 0.15) is 28.6 Å². The molecule has 1 unspecified atom stereocenters. The third-order valence-electron chi connectivity index (χ3n) is 7.66. The van der Waals surface area contributed by atoms with Gasteiger partial charge in [0.2, 0.25) is 0 Å². The van der Waals surface area contributed by atoms with Crippen molar-refractivity contribution in [3.8, 4) is 11.5 Å². The first kappa shape index (κ1) is 46.0. The number of rotatable bonds is 20. The van der Waals surface area contributed by atoms with Crippen LogP contribution in [0.15, 0.2) is 110 Å². The van der Waals surface area contributed by atoms with Crippen molar-refractivity contribution in [2.24, 2.45) is 0 Å². The molecule has 1 aliphatic carbocycles. The lowest BCUT2D eigenvalue weighted by molar-refractivity contribution is -0.137. The summed E-state index contributed by atoms with van der Waals surface area (Å²) in [6.07, 6.45) is 9.20. The van der Waals surface area contributed by atoms with Gasteiger partial charge in [0.25, 0.3) is 0 Å². The van der Waals surface area contributed by atoms with E-state index in [2.05, 4.69) is 33.6 Å². The highest BCUT2D eigenvalue weighted by Gasteiger charge is 2.31. The predicted molar refractivity (Wildman–Crippen MR) is 208 cm³/mol. The van der Waals surface area contributed by atoms with E-state index >= 15 is 0 Å². The molecule has 0 fully saturated rings. The number of carbonyl (C=O) groups is 5. The molecule has 0 bridgehead atoms. The van der Waals surface area contributed by atoms with Crippen molar-refractivity contribution >= 4 is 30.2 Å². The SMILES string of the molecule is C=CC(=C)OCCCCOC(=O)Oc1ccc(C(=O)OC2=CCC(C)(OC(=O)c3ccc(OC(=O)OCCCCOC(=O)C=C)cc3)C=C2C)cc1.CCCC. The summed E-state index contributed by atoms with van der Waals surface area (Å²) < 4.78 is 41.8. The van der Waals surface area contributed by atoms with Crippen LogP contribution in [0.4, 0.5) is 9.59 Å². The Morgan fingerprint density at radius 3 is 1.57 bits per heavy atom. The maximum atomic E-state index is 12.9. The molecule has 13 nitrogen and oxygen atoms in total. The van der Waals surface area contributed by atoms with Gasteiger partial charge in [0.15, 0.2) is 0 Å². The molecule has 0 saturated carbocycles. The van der Waals surface area contributed by atoms with Crippen molar-refractivity contribution in [3.05, 3.63) is 121 Å². The number of allylic oxidation sites excluding steroid dienone is 2. The molecule has 0 aromatic heterocycles. The van der Waals surface area contributed by atoms with Gasteiger partial charge < -0.3 is 37.9 Å². The third kappa shape index (κ3) is 17.8. The van der Waals surface area contributed by atoms with Crippen LogP contribution in [0.1, 0.15) is 93.4 Å². The van der Waals surface area contributed by atoms with E-state index in [1.165, 1.54) is 67.4 Å². The van der Waals surface area contributed by atoms with Gasteiger partial charge in [-0.25, -0.2) is 24.0 Å². The second kappa shape index (κ2) is 25.1. The van der Waals surface area contributed by atoms with Crippen LogP contribution >= 0.6 is 0 Å². The van der Waals surface area contributed by atoms with Crippen LogP contribution in [0.2, 0.25) is 0 Å². The van der Waals surface area contributed by atoms with E-state index in [1.807, 2.05) is 0 Å². The molecular weight excluding hydrogens is 724 g/mol. The zero-order valence-corrected chi connectivity index (χ0v) is 32.6. The number of ether oxygens (including phenoxy) is 8. The summed E-state index contributed by atoms with van der Waals surface area (Å²) in [5.41, 5.74) is -0.00216. The van der Waals surface area contributed by atoms with E-state index < -0.39 is 35.8 Å². The van der Waals surface area contributed by atoms with Crippen LogP contribution in [0.3, 0.4) is 0 Å². The first-order chi connectivity index (χ1) is 26.8. The van der Waals surface area contributed by atoms with E-state index in [4.69, 9.17) is 37.9 Å². The molecule has 2 aromatic rings. The Morgan fingerprint density at radius 2 is 1.12 bits per heavy atom. The Kier molecular flexibility index (Phi) is 20.6. The van der Waals surface area contributed by atoms with Crippen LogP contribution in [-0.4, -0.2) is 62.2 Å². The van der Waals surface area contributed by atoms with Crippen LogP contribution in [0, 0.1) is 0 Å². The predicted octanol–water partition coefficient (Wildman–Crippen LogP) is 9.54. The molecule has 302 valence electrons. The molecule has 0 aliphatic heterocycles. The third-order valence-corrected chi connectivity index (χ3v) is 7.66. The first-order valence-corrected chi connectivity index (χ1v) is 18.3. The maximum Gasteiger partial charge on any atom is 0.513 e. The van der Waals surface area contributed by atoms with Gasteiger partial charge in [-0.1, -0.05) is 46.4 Å². The maximum absolute atomic E-state index is 12.9. The second-order valence-electron chi connectivity index (χ2n) is 12.4. The summed E-state index contributed by atoms with van der Waals surface area (Å²) in [5.74, 6) is -0.617. The fraction of sp³-hybridized carbons (Fsp3) is 0.372. The largest absolute Gasteiger partial charge is 0.513 e. The standard InChI is InChI=1S/C39H42O13.C4H10/c1-6-28(4)45-22-8-10-24-47-37(43)49-31-16-12-29(13-17-31)35(41)51-33-20-21-39(5,26-27(33)3)52-36(42)30-14-18-32(19-15-30)50-38(44)48-25-11-9-23-46-34(40)7-2;1-3-4-2/h6-7,12-20,26H,1-2,4,8-11,21-25H2,3,5H3;3-4H2,1-2H3. The Labute approximate surface area is 328 Å². The Hall–Kier alpha value is -6.11. The topological polar surface area (TPSA) is 159 Å². The van der Waals surface area contributed by atoms with E-state index in [-0.39, 0.29) is 48.9 Å². The van der Waals surface area contributed by atoms with Crippen molar-refractivity contribution < 1.29 is 61.9 Å². The van der Waals surface area contributed by atoms with Crippen LogP contribution in [0.5, 0.6) is 11.5 Å². The number of carbonyl (C=O) groups excluding carboxylic acids is 5. The zero-order chi connectivity index (χ0) is 41.3. The molecule has 13 heteroatoms. The number of hydrogen-bond donors (Lipinski definition) is 0. The van der Waals surface area contributed by atoms with Crippen LogP contribution in [0.25, 0.3) is 0 Å². The minimum Gasteiger partial charge on any atom is -0.494 e. The van der Waals surface area contributed by atoms with Crippen molar-refractivity contribution in [2.45, 2.75) is 78.2 Å². The van der Waals surface area contributed by atoms with Crippen molar-refractivity contribution in [2.75, 3.05) is 26.4 Å². The van der Waals surface area contributed by atoms with Crippen molar-refractivity contribution in [1.82, 2.24) is 0 Å². The summed E-state index contributed by atoms with van der Waals surface area (Å²) in [6, 6.07) is 11.6. The molecule has 0 amide bonds. The Balaban J connectivity index is 0.00000258. The summed E-state index contributed by atoms with van der Waals surface area (Å²) >= 11 is 0.